The molecule has 2 unspecified atom stereocenters. The van der Waals surface area contributed by atoms with E-state index < -0.39 is 0 Å². The summed E-state index contributed by atoms with van der Waals surface area (Å²) >= 11 is 0. The van der Waals surface area contributed by atoms with E-state index in [9.17, 15) is 0 Å². The van der Waals surface area contributed by atoms with Gasteiger partial charge in [0.05, 0.1) is 0 Å². The number of hydrogen-bond donors (Lipinski definition) is 2. The van der Waals surface area contributed by atoms with Crippen molar-refractivity contribution < 1.29 is 0 Å². The zero-order valence-corrected chi connectivity index (χ0v) is 13.2. The molecule has 0 fully saturated rings. The molecular formula is C17H30N2. The van der Waals surface area contributed by atoms with Crippen LogP contribution in [0.25, 0.3) is 0 Å². The van der Waals surface area contributed by atoms with E-state index in [1.54, 1.807) is 0 Å². The second kappa shape index (κ2) is 7.06. The zero-order valence-electron chi connectivity index (χ0n) is 13.2. The number of hydrogen-bond acceptors (Lipinski definition) is 2. The molecule has 2 atom stereocenters. The maximum Gasteiger partial charge on any atom is 0.0253 e. The van der Waals surface area contributed by atoms with Crippen LogP contribution in [0.5, 0.6) is 0 Å². The molecule has 0 aromatic heterocycles. The summed E-state index contributed by atoms with van der Waals surface area (Å²) < 4.78 is 0. The van der Waals surface area contributed by atoms with E-state index in [1.165, 1.54) is 17.5 Å². The highest BCUT2D eigenvalue weighted by atomic mass is 15.2. The Labute approximate surface area is 118 Å². The lowest BCUT2D eigenvalue weighted by Gasteiger charge is -2.26. The largest absolute Gasteiger partial charge is 0.271 e. The Morgan fingerprint density at radius 2 is 1.84 bits per heavy atom. The molecule has 0 bridgehead atoms. The highest BCUT2D eigenvalue weighted by Crippen LogP contribution is 2.27. The van der Waals surface area contributed by atoms with Crippen LogP contribution in [0.15, 0.2) is 24.3 Å². The van der Waals surface area contributed by atoms with Crippen LogP contribution in [0.1, 0.15) is 51.7 Å². The Morgan fingerprint density at radius 1 is 1.21 bits per heavy atom. The van der Waals surface area contributed by atoms with Crippen molar-refractivity contribution in [2.45, 2.75) is 59.9 Å². The van der Waals surface area contributed by atoms with Crippen molar-refractivity contribution in [3.8, 4) is 0 Å². The van der Waals surface area contributed by atoms with Crippen molar-refractivity contribution in [1.82, 2.24) is 5.43 Å². The first-order valence-electron chi connectivity index (χ1n) is 7.32. The third kappa shape index (κ3) is 6.22. The van der Waals surface area contributed by atoms with Gasteiger partial charge in [-0.1, -0.05) is 52.0 Å². The summed E-state index contributed by atoms with van der Waals surface area (Å²) in [7, 11) is 0. The first kappa shape index (κ1) is 16.2. The summed E-state index contributed by atoms with van der Waals surface area (Å²) in [5.41, 5.74) is 6.13. The average molecular weight is 262 g/mol. The topological polar surface area (TPSA) is 38.0 Å². The molecule has 0 heterocycles. The first-order chi connectivity index (χ1) is 8.81. The molecule has 19 heavy (non-hydrogen) atoms. The summed E-state index contributed by atoms with van der Waals surface area (Å²) in [5.74, 6) is 6.42. The number of rotatable bonds is 6. The molecule has 0 saturated carbocycles. The lowest BCUT2D eigenvalue weighted by atomic mass is 9.82. The first-order valence-corrected chi connectivity index (χ1v) is 7.32. The zero-order chi connectivity index (χ0) is 14.5. The van der Waals surface area contributed by atoms with Crippen LogP contribution in [0.4, 0.5) is 0 Å². The van der Waals surface area contributed by atoms with Gasteiger partial charge < -0.3 is 0 Å². The minimum Gasteiger partial charge on any atom is -0.271 e. The standard InChI is InChI=1S/C17H30N2/c1-13(12-17(3,4)5)10-16(19-18)11-15-9-7-6-8-14(15)2/h6-9,13,16,19H,10-12,18H2,1-5H3. The Hall–Kier alpha value is -0.860. The van der Waals surface area contributed by atoms with Crippen molar-refractivity contribution in [3.63, 3.8) is 0 Å². The Balaban J connectivity index is 2.57. The molecule has 1 rings (SSSR count). The van der Waals surface area contributed by atoms with Gasteiger partial charge in [-0.15, -0.1) is 0 Å². The van der Waals surface area contributed by atoms with Gasteiger partial charge >= 0.3 is 0 Å². The summed E-state index contributed by atoms with van der Waals surface area (Å²) in [4.78, 5) is 0. The molecule has 0 radical (unpaired) electrons. The Kier molecular flexibility index (Phi) is 6.02. The van der Waals surface area contributed by atoms with Gasteiger partial charge in [-0.3, -0.25) is 11.3 Å². The minimum absolute atomic E-state index is 0.360. The molecule has 108 valence electrons. The monoisotopic (exact) mass is 262 g/mol. The van der Waals surface area contributed by atoms with Crippen molar-refractivity contribution >= 4 is 0 Å². The summed E-state index contributed by atoms with van der Waals surface area (Å²) in [5, 5.41) is 0. The van der Waals surface area contributed by atoms with Crippen molar-refractivity contribution in [1.29, 1.82) is 0 Å². The molecule has 0 aliphatic rings. The molecule has 2 nitrogen and oxygen atoms in total. The fourth-order valence-corrected chi connectivity index (χ4v) is 2.93. The molecule has 0 saturated heterocycles. The van der Waals surface area contributed by atoms with Crippen LogP contribution in [0, 0.1) is 18.3 Å². The molecule has 1 aromatic carbocycles. The van der Waals surface area contributed by atoms with E-state index in [1.807, 2.05) is 0 Å². The van der Waals surface area contributed by atoms with Gasteiger partial charge in [0.1, 0.15) is 0 Å². The minimum atomic E-state index is 0.360. The lowest BCUT2D eigenvalue weighted by molar-refractivity contribution is 0.274. The van der Waals surface area contributed by atoms with Gasteiger partial charge in [-0.2, -0.15) is 0 Å². The Bertz CT molecular complexity index is 379. The number of nitrogens with one attached hydrogen (secondary N) is 1. The van der Waals surface area contributed by atoms with Crippen LogP contribution in [0.2, 0.25) is 0 Å². The van der Waals surface area contributed by atoms with Gasteiger partial charge in [-0.25, -0.2) is 0 Å². The van der Waals surface area contributed by atoms with Crippen molar-refractivity contribution in [2.24, 2.45) is 17.2 Å². The van der Waals surface area contributed by atoms with Gasteiger partial charge in [0.25, 0.3) is 0 Å². The summed E-state index contributed by atoms with van der Waals surface area (Å²) in [6.45, 7) is 11.4. The molecular weight excluding hydrogens is 232 g/mol. The number of benzene rings is 1. The van der Waals surface area contributed by atoms with E-state index in [2.05, 4.69) is 64.3 Å². The van der Waals surface area contributed by atoms with Crippen molar-refractivity contribution in [2.75, 3.05) is 0 Å². The predicted molar refractivity (Wildman–Crippen MR) is 83.8 cm³/mol. The normalized spacial score (nSPS) is 15.3. The number of nitrogens with two attached hydrogens (primary N) is 1. The molecule has 0 spiro atoms. The smallest absolute Gasteiger partial charge is 0.0253 e. The third-order valence-electron chi connectivity index (χ3n) is 3.61. The van der Waals surface area contributed by atoms with E-state index in [-0.39, 0.29) is 0 Å². The molecule has 0 aliphatic carbocycles. The molecule has 3 N–H and O–H groups in total. The van der Waals surface area contributed by atoms with Crippen LogP contribution in [0.3, 0.4) is 0 Å². The Morgan fingerprint density at radius 3 is 2.37 bits per heavy atom. The van der Waals surface area contributed by atoms with Crippen LogP contribution in [-0.4, -0.2) is 6.04 Å². The molecule has 1 aromatic rings. The summed E-state index contributed by atoms with van der Waals surface area (Å²) in [6, 6.07) is 8.93. The quantitative estimate of drug-likeness (QED) is 0.604. The predicted octanol–water partition coefficient (Wildman–Crippen LogP) is 3.83. The third-order valence-corrected chi connectivity index (χ3v) is 3.61. The van der Waals surface area contributed by atoms with Crippen LogP contribution < -0.4 is 11.3 Å². The van der Waals surface area contributed by atoms with Gasteiger partial charge in [0.15, 0.2) is 0 Å². The second-order valence-corrected chi connectivity index (χ2v) is 7.10. The molecule has 0 aliphatic heterocycles. The highest BCUT2D eigenvalue weighted by molar-refractivity contribution is 5.26. The SMILES string of the molecule is Cc1ccccc1CC(CC(C)CC(C)(C)C)NN. The maximum absolute atomic E-state index is 5.73. The van der Waals surface area contributed by atoms with Gasteiger partial charge in [0, 0.05) is 6.04 Å². The maximum atomic E-state index is 5.73. The van der Waals surface area contributed by atoms with E-state index in [0.717, 1.165) is 12.8 Å². The van der Waals surface area contributed by atoms with E-state index in [4.69, 9.17) is 5.84 Å². The summed E-state index contributed by atoms with van der Waals surface area (Å²) in [6.07, 6.45) is 3.37. The fourth-order valence-electron chi connectivity index (χ4n) is 2.93. The van der Waals surface area contributed by atoms with E-state index >= 15 is 0 Å². The van der Waals surface area contributed by atoms with Crippen molar-refractivity contribution in [3.05, 3.63) is 35.4 Å². The number of hydrazine groups is 1. The molecule has 0 amide bonds. The highest BCUT2D eigenvalue weighted by Gasteiger charge is 2.19. The lowest BCUT2D eigenvalue weighted by Crippen LogP contribution is -2.38. The number of aryl methyl sites for hydroxylation is 1. The average Bonchev–Trinajstić information content (AvgIpc) is 2.28. The van der Waals surface area contributed by atoms with Crippen LogP contribution in [-0.2, 0) is 6.42 Å². The van der Waals surface area contributed by atoms with E-state index in [0.29, 0.717) is 17.4 Å². The van der Waals surface area contributed by atoms with Gasteiger partial charge in [0.2, 0.25) is 0 Å². The van der Waals surface area contributed by atoms with Gasteiger partial charge in [-0.05, 0) is 48.6 Å². The fraction of sp³-hybridized carbons (Fsp3) is 0.647. The van der Waals surface area contributed by atoms with Crippen LogP contribution >= 0.6 is 0 Å². The second-order valence-electron chi connectivity index (χ2n) is 7.10. The molecule has 2 heteroatoms.